The molecule has 3 heteroatoms. The summed E-state index contributed by atoms with van der Waals surface area (Å²) in [5.74, 6) is 1.48. The molecular weight excluding hydrogens is 314 g/mol. The Morgan fingerprint density at radius 1 is 1.10 bits per heavy atom. The van der Waals surface area contributed by atoms with Crippen molar-refractivity contribution < 1.29 is 4.42 Å². The van der Waals surface area contributed by atoms with Gasteiger partial charge >= 0.3 is 0 Å². The second-order valence-corrected chi connectivity index (χ2v) is 6.19. The summed E-state index contributed by atoms with van der Waals surface area (Å²) >= 11 is 3.33. The Morgan fingerprint density at radius 3 is 2.30 bits per heavy atom. The van der Waals surface area contributed by atoms with Gasteiger partial charge in [0.25, 0.3) is 0 Å². The van der Waals surface area contributed by atoms with Crippen LogP contribution >= 0.6 is 15.9 Å². The van der Waals surface area contributed by atoms with Crippen molar-refractivity contribution in [3.8, 4) is 0 Å². The minimum absolute atomic E-state index is 0.338. The molecule has 2 aromatic rings. The van der Waals surface area contributed by atoms with E-state index in [-0.39, 0.29) is 0 Å². The molecule has 0 fully saturated rings. The standard InChI is InChI=1S/C17H22BrNO/c1-4-13-5-7-14(8-6-13)17(12(2)3)19-11-15-9-10-16(18)20-15/h5-10,12,17,19H,4,11H2,1-3H3. The second kappa shape index (κ2) is 7.09. The topological polar surface area (TPSA) is 25.2 Å². The molecular formula is C17H22BrNO. The number of nitrogens with one attached hydrogen (secondary N) is 1. The van der Waals surface area contributed by atoms with E-state index in [0.717, 1.165) is 23.4 Å². The van der Waals surface area contributed by atoms with E-state index in [2.05, 4.69) is 66.3 Å². The summed E-state index contributed by atoms with van der Waals surface area (Å²) in [6.45, 7) is 7.40. The zero-order chi connectivity index (χ0) is 14.5. The molecule has 2 nitrogen and oxygen atoms in total. The first-order valence-corrected chi connectivity index (χ1v) is 7.96. The molecule has 0 bridgehead atoms. The zero-order valence-corrected chi connectivity index (χ0v) is 13.9. The van der Waals surface area contributed by atoms with Crippen LogP contribution in [0.1, 0.15) is 43.7 Å². The van der Waals surface area contributed by atoms with Crippen molar-refractivity contribution in [2.75, 3.05) is 0 Å². The summed E-state index contributed by atoms with van der Waals surface area (Å²) in [5, 5.41) is 3.59. The average Bonchev–Trinajstić information content (AvgIpc) is 2.85. The van der Waals surface area contributed by atoms with E-state index in [9.17, 15) is 0 Å². The molecule has 1 unspecified atom stereocenters. The van der Waals surface area contributed by atoms with Gasteiger partial charge in [0, 0.05) is 6.04 Å². The number of aryl methyl sites for hydroxylation is 1. The van der Waals surface area contributed by atoms with Gasteiger partial charge in [0.1, 0.15) is 5.76 Å². The van der Waals surface area contributed by atoms with E-state index in [0.29, 0.717) is 12.0 Å². The van der Waals surface area contributed by atoms with Crippen LogP contribution < -0.4 is 5.32 Å². The Bertz CT molecular complexity index is 530. The fraction of sp³-hybridized carbons (Fsp3) is 0.412. The summed E-state index contributed by atoms with van der Waals surface area (Å²) in [6.07, 6.45) is 1.08. The molecule has 0 saturated carbocycles. The zero-order valence-electron chi connectivity index (χ0n) is 12.3. The summed E-state index contributed by atoms with van der Waals surface area (Å²) < 4.78 is 6.32. The summed E-state index contributed by atoms with van der Waals surface area (Å²) in [6, 6.07) is 13.2. The van der Waals surface area contributed by atoms with Gasteiger partial charge in [-0.1, -0.05) is 45.0 Å². The molecule has 0 aliphatic carbocycles. The molecule has 0 aliphatic rings. The SMILES string of the molecule is CCc1ccc(C(NCc2ccc(Br)o2)C(C)C)cc1. The lowest BCUT2D eigenvalue weighted by atomic mass is 9.95. The van der Waals surface area contributed by atoms with E-state index in [4.69, 9.17) is 4.42 Å². The number of hydrogen-bond acceptors (Lipinski definition) is 2. The third kappa shape index (κ3) is 3.97. The lowest BCUT2D eigenvalue weighted by Gasteiger charge is -2.22. The van der Waals surface area contributed by atoms with Gasteiger partial charge in [-0.15, -0.1) is 0 Å². The molecule has 1 atom stereocenters. The van der Waals surface area contributed by atoms with Gasteiger partial charge in [0.05, 0.1) is 6.54 Å². The van der Waals surface area contributed by atoms with Crippen LogP contribution in [0.2, 0.25) is 0 Å². The normalized spacial score (nSPS) is 12.8. The Kier molecular flexibility index (Phi) is 5.44. The lowest BCUT2D eigenvalue weighted by Crippen LogP contribution is -2.25. The molecule has 20 heavy (non-hydrogen) atoms. The first-order valence-electron chi connectivity index (χ1n) is 7.16. The van der Waals surface area contributed by atoms with Crippen LogP contribution in [0.3, 0.4) is 0 Å². The number of hydrogen-bond donors (Lipinski definition) is 1. The molecule has 1 aromatic carbocycles. The van der Waals surface area contributed by atoms with Gasteiger partial charge in [-0.2, -0.15) is 0 Å². The molecule has 2 rings (SSSR count). The van der Waals surface area contributed by atoms with Gasteiger partial charge in [0.2, 0.25) is 0 Å². The molecule has 1 heterocycles. The highest BCUT2D eigenvalue weighted by atomic mass is 79.9. The van der Waals surface area contributed by atoms with Gasteiger partial charge in [-0.25, -0.2) is 0 Å². The third-order valence-electron chi connectivity index (χ3n) is 3.54. The van der Waals surface area contributed by atoms with Crippen molar-refractivity contribution in [3.05, 3.63) is 58.0 Å². The quantitative estimate of drug-likeness (QED) is 0.795. The number of furan rings is 1. The highest BCUT2D eigenvalue weighted by Gasteiger charge is 2.15. The maximum atomic E-state index is 5.54. The summed E-state index contributed by atoms with van der Waals surface area (Å²) in [7, 11) is 0. The highest BCUT2D eigenvalue weighted by molar-refractivity contribution is 9.10. The Hall–Kier alpha value is -1.06. The first-order chi connectivity index (χ1) is 9.60. The largest absolute Gasteiger partial charge is 0.453 e. The molecule has 0 radical (unpaired) electrons. The number of halogens is 1. The second-order valence-electron chi connectivity index (χ2n) is 5.40. The lowest BCUT2D eigenvalue weighted by molar-refractivity contribution is 0.380. The minimum Gasteiger partial charge on any atom is -0.453 e. The van der Waals surface area contributed by atoms with Crippen molar-refractivity contribution in [1.82, 2.24) is 5.32 Å². The van der Waals surface area contributed by atoms with E-state index < -0.39 is 0 Å². The van der Waals surface area contributed by atoms with Gasteiger partial charge in [-0.3, -0.25) is 0 Å². The van der Waals surface area contributed by atoms with Gasteiger partial charge in [0.15, 0.2) is 4.67 Å². The summed E-state index contributed by atoms with van der Waals surface area (Å²) in [4.78, 5) is 0. The molecule has 1 aromatic heterocycles. The smallest absolute Gasteiger partial charge is 0.169 e. The molecule has 0 aliphatic heterocycles. The van der Waals surface area contributed by atoms with E-state index in [1.807, 2.05) is 12.1 Å². The van der Waals surface area contributed by atoms with Crippen LogP contribution in [-0.4, -0.2) is 0 Å². The van der Waals surface area contributed by atoms with Crippen LogP contribution in [0.25, 0.3) is 0 Å². The fourth-order valence-corrected chi connectivity index (χ4v) is 2.70. The number of benzene rings is 1. The Labute approximate surface area is 129 Å². The minimum atomic E-state index is 0.338. The van der Waals surface area contributed by atoms with Crippen LogP contribution in [0.15, 0.2) is 45.5 Å². The van der Waals surface area contributed by atoms with Gasteiger partial charge in [-0.05, 0) is 51.5 Å². The fourth-order valence-electron chi connectivity index (χ4n) is 2.36. The van der Waals surface area contributed by atoms with Crippen LogP contribution in [-0.2, 0) is 13.0 Å². The van der Waals surface area contributed by atoms with Crippen LogP contribution in [0.5, 0.6) is 0 Å². The maximum Gasteiger partial charge on any atom is 0.169 e. The Balaban J connectivity index is 2.06. The van der Waals surface area contributed by atoms with E-state index in [1.54, 1.807) is 0 Å². The third-order valence-corrected chi connectivity index (χ3v) is 3.97. The van der Waals surface area contributed by atoms with Gasteiger partial charge < -0.3 is 9.73 Å². The molecule has 0 saturated heterocycles. The van der Waals surface area contributed by atoms with Crippen molar-refractivity contribution in [2.24, 2.45) is 5.92 Å². The molecule has 1 N–H and O–H groups in total. The average molecular weight is 336 g/mol. The van der Waals surface area contributed by atoms with Crippen molar-refractivity contribution >= 4 is 15.9 Å². The molecule has 0 amide bonds. The molecule has 0 spiro atoms. The van der Waals surface area contributed by atoms with Crippen molar-refractivity contribution in [3.63, 3.8) is 0 Å². The van der Waals surface area contributed by atoms with E-state index in [1.165, 1.54) is 11.1 Å². The maximum absolute atomic E-state index is 5.54. The number of rotatable bonds is 6. The van der Waals surface area contributed by atoms with Crippen LogP contribution in [0.4, 0.5) is 0 Å². The monoisotopic (exact) mass is 335 g/mol. The first kappa shape index (κ1) is 15.3. The predicted molar refractivity (Wildman–Crippen MR) is 86.6 cm³/mol. The predicted octanol–water partition coefficient (Wildman–Crippen LogP) is 5.09. The van der Waals surface area contributed by atoms with Crippen LogP contribution in [0, 0.1) is 5.92 Å². The van der Waals surface area contributed by atoms with Crippen molar-refractivity contribution in [2.45, 2.75) is 39.8 Å². The van der Waals surface area contributed by atoms with E-state index >= 15 is 0 Å². The summed E-state index contributed by atoms with van der Waals surface area (Å²) in [5.41, 5.74) is 2.72. The Morgan fingerprint density at radius 2 is 1.80 bits per heavy atom. The van der Waals surface area contributed by atoms with Crippen molar-refractivity contribution in [1.29, 1.82) is 0 Å². The highest BCUT2D eigenvalue weighted by Crippen LogP contribution is 2.23. The molecule has 108 valence electrons.